The first-order valence-electron chi connectivity index (χ1n) is 5.96. The molecule has 0 aliphatic heterocycles. The molecule has 1 aromatic carbocycles. The van der Waals surface area contributed by atoms with Crippen molar-refractivity contribution in [2.24, 2.45) is 0 Å². The Labute approximate surface area is 97.3 Å². The van der Waals surface area contributed by atoms with E-state index in [4.69, 9.17) is 4.74 Å². The Kier molecular flexibility index (Phi) is 3.49. The van der Waals surface area contributed by atoms with Crippen LogP contribution in [0.4, 0.5) is 0 Å². The predicted octanol–water partition coefficient (Wildman–Crippen LogP) is 2.90. The SMILES string of the molecule is CCOc1ccc(C2CC2)c([C](C)CO)c1. The first-order valence-corrected chi connectivity index (χ1v) is 5.96. The summed E-state index contributed by atoms with van der Waals surface area (Å²) in [6, 6.07) is 6.24. The number of hydrogen-bond acceptors (Lipinski definition) is 2. The summed E-state index contributed by atoms with van der Waals surface area (Å²) in [5, 5.41) is 9.26. The van der Waals surface area contributed by atoms with E-state index in [9.17, 15) is 5.11 Å². The van der Waals surface area contributed by atoms with Crippen LogP contribution in [0.15, 0.2) is 18.2 Å². The third-order valence-electron chi connectivity index (χ3n) is 3.05. The van der Waals surface area contributed by atoms with Gasteiger partial charge in [-0.2, -0.15) is 0 Å². The molecule has 1 radical (unpaired) electrons. The Hall–Kier alpha value is -1.02. The quantitative estimate of drug-likeness (QED) is 0.825. The molecule has 0 unspecified atom stereocenters. The van der Waals surface area contributed by atoms with Crippen molar-refractivity contribution in [3.05, 3.63) is 35.2 Å². The zero-order chi connectivity index (χ0) is 11.5. The molecule has 2 rings (SSSR count). The molecule has 0 amide bonds. The van der Waals surface area contributed by atoms with Gasteiger partial charge in [0, 0.05) is 5.92 Å². The standard InChI is InChI=1S/C14H19O2/c1-3-16-12-6-7-13(11-4-5-11)14(8-12)10(2)9-15/h6-8,11,15H,3-5,9H2,1-2H3. The van der Waals surface area contributed by atoms with E-state index < -0.39 is 0 Å². The number of aliphatic hydroxyl groups excluding tert-OH is 1. The molecule has 0 aromatic heterocycles. The number of rotatable bonds is 5. The molecule has 1 saturated carbocycles. The van der Waals surface area contributed by atoms with Gasteiger partial charge in [-0.3, -0.25) is 0 Å². The van der Waals surface area contributed by atoms with Gasteiger partial charge in [-0.15, -0.1) is 0 Å². The average Bonchev–Trinajstić information content (AvgIpc) is 3.12. The maximum atomic E-state index is 9.26. The largest absolute Gasteiger partial charge is 0.494 e. The molecule has 0 spiro atoms. The van der Waals surface area contributed by atoms with Crippen molar-refractivity contribution < 1.29 is 9.84 Å². The van der Waals surface area contributed by atoms with E-state index in [2.05, 4.69) is 12.1 Å². The van der Waals surface area contributed by atoms with E-state index in [0.717, 1.165) is 11.7 Å². The monoisotopic (exact) mass is 219 g/mol. The Morgan fingerprint density at radius 1 is 1.44 bits per heavy atom. The Morgan fingerprint density at radius 3 is 2.75 bits per heavy atom. The van der Waals surface area contributed by atoms with Crippen molar-refractivity contribution in [3.8, 4) is 5.75 Å². The summed E-state index contributed by atoms with van der Waals surface area (Å²) in [6.07, 6.45) is 2.55. The Bertz CT molecular complexity index is 356. The lowest BCUT2D eigenvalue weighted by Crippen LogP contribution is -2.05. The second-order valence-corrected chi connectivity index (χ2v) is 4.39. The molecule has 87 valence electrons. The highest BCUT2D eigenvalue weighted by Crippen LogP contribution is 2.44. The number of hydrogen-bond donors (Lipinski definition) is 1. The van der Waals surface area contributed by atoms with E-state index in [1.165, 1.54) is 24.0 Å². The molecular weight excluding hydrogens is 200 g/mol. The van der Waals surface area contributed by atoms with Crippen LogP contribution >= 0.6 is 0 Å². The highest BCUT2D eigenvalue weighted by molar-refractivity contribution is 5.46. The summed E-state index contributed by atoms with van der Waals surface area (Å²) in [7, 11) is 0. The minimum Gasteiger partial charge on any atom is -0.494 e. The molecule has 16 heavy (non-hydrogen) atoms. The lowest BCUT2D eigenvalue weighted by molar-refractivity contribution is 0.314. The molecule has 1 aromatic rings. The van der Waals surface area contributed by atoms with Crippen molar-refractivity contribution in [2.75, 3.05) is 13.2 Å². The second-order valence-electron chi connectivity index (χ2n) is 4.39. The van der Waals surface area contributed by atoms with Crippen molar-refractivity contribution in [3.63, 3.8) is 0 Å². The summed E-state index contributed by atoms with van der Waals surface area (Å²) in [6.45, 7) is 4.77. The molecule has 1 aliphatic carbocycles. The smallest absolute Gasteiger partial charge is 0.119 e. The van der Waals surface area contributed by atoms with E-state index in [0.29, 0.717) is 12.5 Å². The van der Waals surface area contributed by atoms with Crippen LogP contribution in [-0.4, -0.2) is 18.3 Å². The van der Waals surface area contributed by atoms with Gasteiger partial charge < -0.3 is 9.84 Å². The van der Waals surface area contributed by atoms with Crippen LogP contribution in [-0.2, 0) is 0 Å². The molecule has 1 aliphatic rings. The molecule has 1 N–H and O–H groups in total. The fraction of sp³-hybridized carbons (Fsp3) is 0.500. The summed E-state index contributed by atoms with van der Waals surface area (Å²) in [4.78, 5) is 0. The van der Waals surface area contributed by atoms with Gasteiger partial charge in [-0.1, -0.05) is 13.0 Å². The lowest BCUT2D eigenvalue weighted by Gasteiger charge is -2.15. The highest BCUT2D eigenvalue weighted by Gasteiger charge is 2.27. The van der Waals surface area contributed by atoms with E-state index >= 15 is 0 Å². The van der Waals surface area contributed by atoms with Crippen molar-refractivity contribution in [1.82, 2.24) is 0 Å². The number of aliphatic hydroxyl groups is 1. The zero-order valence-electron chi connectivity index (χ0n) is 9.99. The summed E-state index contributed by atoms with van der Waals surface area (Å²) >= 11 is 0. The molecule has 2 nitrogen and oxygen atoms in total. The minimum absolute atomic E-state index is 0.120. The molecule has 0 heterocycles. The molecule has 1 fully saturated rings. The van der Waals surface area contributed by atoms with E-state index in [-0.39, 0.29) is 6.61 Å². The van der Waals surface area contributed by atoms with E-state index in [1.807, 2.05) is 19.9 Å². The number of ether oxygens (including phenoxy) is 1. The normalized spacial score (nSPS) is 15.5. The van der Waals surface area contributed by atoms with Gasteiger partial charge in [0.1, 0.15) is 5.75 Å². The summed E-state index contributed by atoms with van der Waals surface area (Å²) in [5.41, 5.74) is 2.55. The van der Waals surface area contributed by atoms with E-state index in [1.54, 1.807) is 0 Å². The van der Waals surface area contributed by atoms with Crippen LogP contribution in [0.1, 0.15) is 43.7 Å². The summed E-state index contributed by atoms with van der Waals surface area (Å²) in [5.74, 6) is 2.63. The van der Waals surface area contributed by atoms with Gasteiger partial charge in [0.05, 0.1) is 13.2 Å². The van der Waals surface area contributed by atoms with Gasteiger partial charge in [-0.25, -0.2) is 0 Å². The summed E-state index contributed by atoms with van der Waals surface area (Å²) < 4.78 is 5.50. The minimum atomic E-state index is 0.120. The van der Waals surface area contributed by atoms with Crippen LogP contribution in [0.2, 0.25) is 0 Å². The fourth-order valence-electron chi connectivity index (χ4n) is 2.00. The molecular formula is C14H19O2. The average molecular weight is 219 g/mol. The van der Waals surface area contributed by atoms with Gasteiger partial charge in [-0.05, 0) is 48.9 Å². The predicted molar refractivity (Wildman–Crippen MR) is 64.7 cm³/mol. The van der Waals surface area contributed by atoms with Crippen LogP contribution in [0, 0.1) is 5.92 Å². The van der Waals surface area contributed by atoms with Crippen molar-refractivity contribution in [1.29, 1.82) is 0 Å². The van der Waals surface area contributed by atoms with Gasteiger partial charge >= 0.3 is 0 Å². The maximum absolute atomic E-state index is 9.26. The topological polar surface area (TPSA) is 29.5 Å². The molecule has 0 atom stereocenters. The van der Waals surface area contributed by atoms with Crippen LogP contribution in [0.25, 0.3) is 0 Å². The lowest BCUT2D eigenvalue weighted by atomic mass is 9.93. The number of benzene rings is 1. The first kappa shape index (κ1) is 11.5. The Morgan fingerprint density at radius 2 is 2.19 bits per heavy atom. The molecule has 0 bridgehead atoms. The van der Waals surface area contributed by atoms with Crippen molar-refractivity contribution in [2.45, 2.75) is 32.6 Å². The third-order valence-corrected chi connectivity index (χ3v) is 3.05. The van der Waals surface area contributed by atoms with Crippen LogP contribution in [0.5, 0.6) is 5.75 Å². The molecule has 0 saturated heterocycles. The van der Waals surface area contributed by atoms with Gasteiger partial charge in [0.2, 0.25) is 0 Å². The van der Waals surface area contributed by atoms with Gasteiger partial charge in [0.25, 0.3) is 0 Å². The third kappa shape index (κ3) is 2.38. The van der Waals surface area contributed by atoms with Crippen molar-refractivity contribution >= 4 is 0 Å². The fourth-order valence-corrected chi connectivity index (χ4v) is 2.00. The first-order chi connectivity index (χ1) is 7.76. The maximum Gasteiger partial charge on any atom is 0.119 e. The second kappa shape index (κ2) is 4.88. The Balaban J connectivity index is 2.30. The molecule has 2 heteroatoms. The van der Waals surface area contributed by atoms with Crippen LogP contribution < -0.4 is 4.74 Å². The zero-order valence-corrected chi connectivity index (χ0v) is 9.99. The van der Waals surface area contributed by atoms with Gasteiger partial charge in [0.15, 0.2) is 0 Å². The van der Waals surface area contributed by atoms with Crippen LogP contribution in [0.3, 0.4) is 0 Å². The highest BCUT2D eigenvalue weighted by atomic mass is 16.5.